The lowest BCUT2D eigenvalue weighted by atomic mass is 9.73. The summed E-state index contributed by atoms with van der Waals surface area (Å²) in [6.07, 6.45) is 18.2. The van der Waals surface area contributed by atoms with Crippen LogP contribution in [0.2, 0.25) is 0 Å². The molecule has 1 saturated carbocycles. The first-order valence-corrected chi connectivity index (χ1v) is 13.7. The van der Waals surface area contributed by atoms with Gasteiger partial charge in [-0.2, -0.15) is 0 Å². The van der Waals surface area contributed by atoms with Crippen molar-refractivity contribution >= 4 is 5.97 Å². The molecule has 194 valence electrons. The maximum absolute atomic E-state index is 11.3. The zero-order valence-corrected chi connectivity index (χ0v) is 23.2. The second kappa shape index (κ2) is 12.4. The van der Waals surface area contributed by atoms with Crippen LogP contribution in [0.4, 0.5) is 0 Å². The van der Waals surface area contributed by atoms with E-state index < -0.39 is 5.60 Å². The maximum atomic E-state index is 11.3. The smallest absolute Gasteiger partial charge is 0.302 e. The summed E-state index contributed by atoms with van der Waals surface area (Å²) in [4.78, 5) is 14.0. The van der Waals surface area contributed by atoms with Crippen LogP contribution in [-0.2, 0) is 9.53 Å². The van der Waals surface area contributed by atoms with E-state index in [2.05, 4.69) is 50.0 Å². The van der Waals surface area contributed by atoms with E-state index >= 15 is 0 Å². The summed E-state index contributed by atoms with van der Waals surface area (Å²) >= 11 is 0. The van der Waals surface area contributed by atoms with Gasteiger partial charge in [0.25, 0.3) is 0 Å². The van der Waals surface area contributed by atoms with Gasteiger partial charge in [-0.25, -0.2) is 0 Å². The van der Waals surface area contributed by atoms with Gasteiger partial charge in [-0.1, -0.05) is 51.5 Å². The molecule has 0 spiro atoms. The summed E-state index contributed by atoms with van der Waals surface area (Å²) in [5, 5.41) is 10.3. The van der Waals surface area contributed by atoms with Crippen LogP contribution in [0.25, 0.3) is 0 Å². The van der Waals surface area contributed by atoms with Crippen LogP contribution < -0.4 is 0 Å². The summed E-state index contributed by atoms with van der Waals surface area (Å²) < 4.78 is 5.47. The average molecular weight is 474 g/mol. The second-order valence-electron chi connectivity index (χ2n) is 11.3. The third-order valence-corrected chi connectivity index (χ3v) is 8.35. The number of aliphatic hydroxyl groups is 1. The standard InChI is InChI=1S/C28H45NO3.C2H6/c1-20(12-13-21(2)27(4,5)31)26-16-18-29-24(10-8-17-28(26,29)6)15-14-23-9-7-11-25(19-23)32-22(3)30;1-2/h12-15,20-21,25-26,31H,7-11,16-19H2,1-6H3;1-2H3/b13-12+,23-14-,24-15+;/t20-,21+,25+,26?,28-;/m1./s1. The highest BCUT2D eigenvalue weighted by atomic mass is 16.5. The molecular weight excluding hydrogens is 422 g/mol. The fourth-order valence-electron chi connectivity index (χ4n) is 6.06. The van der Waals surface area contributed by atoms with Crippen molar-refractivity contribution in [3.05, 3.63) is 35.6 Å². The van der Waals surface area contributed by atoms with Crippen molar-refractivity contribution in [2.24, 2.45) is 17.8 Å². The summed E-state index contributed by atoms with van der Waals surface area (Å²) in [7, 11) is 0. The van der Waals surface area contributed by atoms with Gasteiger partial charge in [-0.05, 0) is 83.6 Å². The molecule has 0 radical (unpaired) electrons. The number of piperidine rings is 1. The van der Waals surface area contributed by atoms with Gasteiger partial charge in [-0.3, -0.25) is 4.79 Å². The minimum Gasteiger partial charge on any atom is -0.462 e. The van der Waals surface area contributed by atoms with Crippen LogP contribution in [0, 0.1) is 17.8 Å². The van der Waals surface area contributed by atoms with E-state index in [0.29, 0.717) is 11.8 Å². The summed E-state index contributed by atoms with van der Waals surface area (Å²) in [6.45, 7) is 17.3. The number of carbonyl (C=O) groups is 1. The highest BCUT2D eigenvalue weighted by Gasteiger charge is 2.48. The minimum absolute atomic E-state index is 0.0533. The SMILES string of the molecule is CC.CC(=O)O[C@H]1CCC/C(=C/C=C2\CCC[C@]3(C)C([C@H](C)/C=C/[C@H](C)C(C)(C)O)CCN23)C1. The molecule has 4 heteroatoms. The molecule has 2 aliphatic heterocycles. The van der Waals surface area contributed by atoms with Crippen molar-refractivity contribution < 1.29 is 14.6 Å². The fourth-order valence-corrected chi connectivity index (χ4v) is 6.06. The molecule has 2 saturated heterocycles. The first kappa shape index (κ1) is 28.7. The Hall–Kier alpha value is -1.55. The first-order chi connectivity index (χ1) is 16.0. The van der Waals surface area contributed by atoms with Crippen LogP contribution >= 0.6 is 0 Å². The van der Waals surface area contributed by atoms with Gasteiger partial charge < -0.3 is 14.7 Å². The Morgan fingerprint density at radius 2 is 1.85 bits per heavy atom. The van der Waals surface area contributed by atoms with Crippen LogP contribution in [0.5, 0.6) is 0 Å². The largest absolute Gasteiger partial charge is 0.462 e. The van der Waals surface area contributed by atoms with Gasteiger partial charge in [-0.15, -0.1) is 0 Å². The van der Waals surface area contributed by atoms with Gasteiger partial charge in [0.2, 0.25) is 0 Å². The minimum atomic E-state index is -0.677. The van der Waals surface area contributed by atoms with Crippen molar-refractivity contribution in [3.63, 3.8) is 0 Å². The quantitative estimate of drug-likeness (QED) is 0.327. The lowest BCUT2D eigenvalue weighted by Crippen LogP contribution is -2.48. The van der Waals surface area contributed by atoms with E-state index in [0.717, 1.165) is 38.6 Å². The predicted molar refractivity (Wildman–Crippen MR) is 142 cm³/mol. The van der Waals surface area contributed by atoms with E-state index in [1.165, 1.54) is 37.5 Å². The zero-order chi connectivity index (χ0) is 25.5. The molecule has 1 unspecified atom stereocenters. The summed E-state index contributed by atoms with van der Waals surface area (Å²) in [6, 6.07) is 0. The Labute approximate surface area is 209 Å². The Morgan fingerprint density at radius 1 is 1.15 bits per heavy atom. The number of hydrogen-bond donors (Lipinski definition) is 1. The van der Waals surface area contributed by atoms with Crippen LogP contribution in [0.1, 0.15) is 107 Å². The lowest BCUT2D eigenvalue weighted by Gasteiger charge is -2.47. The molecule has 3 fully saturated rings. The van der Waals surface area contributed by atoms with Gasteiger partial charge in [0.15, 0.2) is 0 Å². The molecule has 34 heavy (non-hydrogen) atoms. The number of nitrogens with zero attached hydrogens (tertiary/aromatic N) is 1. The molecule has 3 aliphatic rings. The number of allylic oxidation sites excluding steroid dienone is 4. The van der Waals surface area contributed by atoms with Crippen LogP contribution in [0.3, 0.4) is 0 Å². The molecule has 3 rings (SSSR count). The molecule has 0 bridgehead atoms. The Morgan fingerprint density at radius 3 is 2.50 bits per heavy atom. The van der Waals surface area contributed by atoms with Gasteiger partial charge in [0.05, 0.1) is 5.60 Å². The molecule has 2 heterocycles. The highest BCUT2D eigenvalue weighted by Crippen LogP contribution is 2.48. The fraction of sp³-hybridized carbons (Fsp3) is 0.767. The number of ether oxygens (including phenoxy) is 1. The molecule has 1 aliphatic carbocycles. The van der Waals surface area contributed by atoms with E-state index in [1.54, 1.807) is 0 Å². The van der Waals surface area contributed by atoms with Crippen molar-refractivity contribution in [1.82, 2.24) is 4.90 Å². The average Bonchev–Trinajstić information content (AvgIpc) is 3.14. The summed E-state index contributed by atoms with van der Waals surface area (Å²) in [5.74, 6) is 1.11. The molecule has 0 amide bonds. The van der Waals surface area contributed by atoms with Gasteiger partial charge in [0, 0.05) is 37.0 Å². The third-order valence-electron chi connectivity index (χ3n) is 8.35. The first-order valence-electron chi connectivity index (χ1n) is 13.7. The maximum Gasteiger partial charge on any atom is 0.302 e. The molecule has 4 nitrogen and oxygen atoms in total. The second-order valence-corrected chi connectivity index (χ2v) is 11.3. The van der Waals surface area contributed by atoms with Crippen molar-refractivity contribution in [1.29, 1.82) is 0 Å². The van der Waals surface area contributed by atoms with Crippen LogP contribution in [0.15, 0.2) is 35.6 Å². The number of fused-ring (bicyclic) bond motifs is 1. The Kier molecular flexibility index (Phi) is 10.5. The van der Waals surface area contributed by atoms with E-state index in [-0.39, 0.29) is 23.5 Å². The van der Waals surface area contributed by atoms with E-state index in [4.69, 9.17) is 4.74 Å². The van der Waals surface area contributed by atoms with E-state index in [9.17, 15) is 9.90 Å². The summed E-state index contributed by atoms with van der Waals surface area (Å²) in [5.41, 5.74) is 2.42. The Balaban J connectivity index is 0.00000199. The third kappa shape index (κ3) is 7.23. The number of hydrogen-bond acceptors (Lipinski definition) is 4. The van der Waals surface area contributed by atoms with Crippen molar-refractivity contribution in [2.45, 2.75) is 124 Å². The van der Waals surface area contributed by atoms with Crippen molar-refractivity contribution in [3.8, 4) is 0 Å². The molecular formula is C30H51NO3. The number of rotatable bonds is 6. The number of esters is 1. The molecule has 1 N–H and O–H groups in total. The lowest BCUT2D eigenvalue weighted by molar-refractivity contribution is -0.147. The molecule has 0 aromatic carbocycles. The Bertz CT molecular complexity index is 760. The normalized spacial score (nSPS) is 31.7. The topological polar surface area (TPSA) is 49.8 Å². The van der Waals surface area contributed by atoms with Gasteiger partial charge >= 0.3 is 5.97 Å². The monoisotopic (exact) mass is 473 g/mol. The van der Waals surface area contributed by atoms with E-state index in [1.807, 2.05) is 27.7 Å². The number of carbonyl (C=O) groups excluding carboxylic acids is 1. The van der Waals surface area contributed by atoms with Gasteiger partial charge in [0.1, 0.15) is 6.10 Å². The van der Waals surface area contributed by atoms with Crippen molar-refractivity contribution in [2.75, 3.05) is 6.54 Å². The molecule has 0 aromatic rings. The highest BCUT2D eigenvalue weighted by molar-refractivity contribution is 5.66. The molecule has 0 aromatic heterocycles. The van der Waals surface area contributed by atoms with Crippen LogP contribution in [-0.4, -0.2) is 39.8 Å². The molecule has 5 atom stereocenters. The zero-order valence-electron chi connectivity index (χ0n) is 23.2. The predicted octanol–water partition coefficient (Wildman–Crippen LogP) is 7.19.